The van der Waals surface area contributed by atoms with Crippen LogP contribution in [0.15, 0.2) is 18.2 Å². The molecule has 0 atom stereocenters. The molecular formula is C13H15FN2O4. The van der Waals surface area contributed by atoms with Crippen LogP contribution in [-0.2, 0) is 9.47 Å². The van der Waals surface area contributed by atoms with Crippen molar-refractivity contribution in [3.05, 3.63) is 34.1 Å². The number of hydrogen-bond donors (Lipinski definition) is 0. The molecule has 2 aliphatic heterocycles. The molecule has 0 bridgehead atoms. The summed E-state index contributed by atoms with van der Waals surface area (Å²) in [5.41, 5.74) is 0.249. The van der Waals surface area contributed by atoms with Gasteiger partial charge in [0, 0.05) is 38.1 Å². The van der Waals surface area contributed by atoms with E-state index in [1.165, 1.54) is 12.1 Å². The zero-order chi connectivity index (χ0) is 14.2. The summed E-state index contributed by atoms with van der Waals surface area (Å²) >= 11 is 0. The molecule has 2 fully saturated rings. The molecule has 1 aromatic carbocycles. The lowest BCUT2D eigenvalue weighted by molar-refractivity contribution is -0.384. The summed E-state index contributed by atoms with van der Waals surface area (Å²) in [6.07, 6.45) is 1.25. The summed E-state index contributed by atoms with van der Waals surface area (Å²) in [6.45, 7) is 2.26. The molecule has 7 heteroatoms. The van der Waals surface area contributed by atoms with Crippen molar-refractivity contribution in [2.45, 2.75) is 18.6 Å². The number of halogens is 1. The molecule has 20 heavy (non-hydrogen) atoms. The molecule has 0 aliphatic carbocycles. The van der Waals surface area contributed by atoms with Gasteiger partial charge in [-0.1, -0.05) is 0 Å². The van der Waals surface area contributed by atoms with Crippen molar-refractivity contribution in [1.29, 1.82) is 0 Å². The van der Waals surface area contributed by atoms with Crippen molar-refractivity contribution in [2.24, 2.45) is 0 Å². The largest absolute Gasteiger partial charge is 0.365 e. The molecular weight excluding hydrogens is 267 g/mol. The zero-order valence-electron chi connectivity index (χ0n) is 10.9. The summed E-state index contributed by atoms with van der Waals surface area (Å²) in [7, 11) is 0. The Labute approximate surface area is 115 Å². The molecule has 0 saturated carbocycles. The van der Waals surface area contributed by atoms with Gasteiger partial charge in [0.05, 0.1) is 18.1 Å². The van der Waals surface area contributed by atoms with Gasteiger partial charge in [0.15, 0.2) is 5.79 Å². The molecule has 0 radical (unpaired) electrons. The topological polar surface area (TPSA) is 64.8 Å². The van der Waals surface area contributed by atoms with E-state index in [4.69, 9.17) is 9.47 Å². The van der Waals surface area contributed by atoms with Gasteiger partial charge in [0.1, 0.15) is 11.5 Å². The van der Waals surface area contributed by atoms with Crippen molar-refractivity contribution in [3.63, 3.8) is 0 Å². The molecule has 3 rings (SSSR count). The summed E-state index contributed by atoms with van der Waals surface area (Å²) in [5, 5.41) is 11.0. The number of nitro benzene ring substituents is 1. The van der Waals surface area contributed by atoms with Gasteiger partial charge in [0.25, 0.3) is 5.69 Å². The van der Waals surface area contributed by atoms with Gasteiger partial charge in [-0.25, -0.2) is 4.39 Å². The number of benzene rings is 1. The van der Waals surface area contributed by atoms with Crippen LogP contribution in [0.25, 0.3) is 0 Å². The van der Waals surface area contributed by atoms with E-state index >= 15 is 0 Å². The van der Waals surface area contributed by atoms with Gasteiger partial charge < -0.3 is 14.4 Å². The van der Waals surface area contributed by atoms with Gasteiger partial charge in [-0.2, -0.15) is 0 Å². The predicted octanol–water partition coefficient (Wildman–Crippen LogP) is 2.08. The smallest absolute Gasteiger partial charge is 0.292 e. The Bertz CT molecular complexity index is 521. The number of piperidine rings is 1. The highest BCUT2D eigenvalue weighted by Gasteiger charge is 2.40. The van der Waals surface area contributed by atoms with E-state index < -0.39 is 16.5 Å². The third-order valence-corrected chi connectivity index (χ3v) is 3.81. The Morgan fingerprint density at radius 1 is 1.25 bits per heavy atom. The average Bonchev–Trinajstić information content (AvgIpc) is 2.87. The molecule has 6 nitrogen and oxygen atoms in total. The molecule has 0 aromatic heterocycles. The zero-order valence-corrected chi connectivity index (χ0v) is 10.9. The Kier molecular flexibility index (Phi) is 3.31. The Morgan fingerprint density at radius 3 is 2.50 bits per heavy atom. The first-order valence-corrected chi connectivity index (χ1v) is 6.56. The van der Waals surface area contributed by atoms with Crippen LogP contribution in [0, 0.1) is 15.9 Å². The van der Waals surface area contributed by atoms with E-state index in [0.29, 0.717) is 44.8 Å². The van der Waals surface area contributed by atoms with Crippen molar-refractivity contribution >= 4 is 11.4 Å². The second-order valence-corrected chi connectivity index (χ2v) is 4.98. The van der Waals surface area contributed by atoms with E-state index in [-0.39, 0.29) is 5.69 Å². The maximum Gasteiger partial charge on any atom is 0.292 e. The Morgan fingerprint density at radius 2 is 1.90 bits per heavy atom. The van der Waals surface area contributed by atoms with Gasteiger partial charge in [0.2, 0.25) is 0 Å². The van der Waals surface area contributed by atoms with Crippen molar-refractivity contribution in [1.82, 2.24) is 0 Å². The fourth-order valence-electron chi connectivity index (χ4n) is 2.78. The first-order valence-electron chi connectivity index (χ1n) is 6.56. The van der Waals surface area contributed by atoms with E-state index in [1.807, 2.05) is 4.90 Å². The third kappa shape index (κ3) is 2.34. The first kappa shape index (κ1) is 13.3. The Balaban J connectivity index is 1.80. The minimum absolute atomic E-state index is 0.0735. The lowest BCUT2D eigenvalue weighted by Gasteiger charge is -2.38. The number of ether oxygens (including phenoxy) is 2. The monoisotopic (exact) mass is 282 g/mol. The van der Waals surface area contributed by atoms with Crippen LogP contribution >= 0.6 is 0 Å². The van der Waals surface area contributed by atoms with Crippen molar-refractivity contribution < 1.29 is 18.8 Å². The second-order valence-electron chi connectivity index (χ2n) is 4.98. The van der Waals surface area contributed by atoms with Crippen LogP contribution in [0.2, 0.25) is 0 Å². The van der Waals surface area contributed by atoms with Gasteiger partial charge in [-0.05, 0) is 6.07 Å². The molecule has 0 N–H and O–H groups in total. The lowest BCUT2D eigenvalue weighted by atomic mass is 10.0. The Hall–Kier alpha value is -1.73. The number of anilines is 1. The minimum atomic E-state index is -0.543. The molecule has 1 spiro atoms. The third-order valence-electron chi connectivity index (χ3n) is 3.81. The maximum atomic E-state index is 13.4. The lowest BCUT2D eigenvalue weighted by Crippen LogP contribution is -2.45. The van der Waals surface area contributed by atoms with Crippen LogP contribution in [0.3, 0.4) is 0 Å². The van der Waals surface area contributed by atoms with Crippen LogP contribution in [-0.4, -0.2) is 37.0 Å². The molecule has 2 heterocycles. The fraction of sp³-hybridized carbons (Fsp3) is 0.538. The number of hydrogen-bond acceptors (Lipinski definition) is 5. The normalized spacial score (nSPS) is 21.4. The number of nitrogens with zero attached hydrogens (tertiary/aromatic N) is 2. The quantitative estimate of drug-likeness (QED) is 0.613. The first-order chi connectivity index (χ1) is 9.60. The highest BCUT2D eigenvalue weighted by atomic mass is 19.1. The number of nitro groups is 1. The van der Waals surface area contributed by atoms with Gasteiger partial charge >= 0.3 is 0 Å². The number of rotatable bonds is 2. The summed E-state index contributed by atoms with van der Waals surface area (Å²) in [6, 6.07) is 3.53. The van der Waals surface area contributed by atoms with Gasteiger partial charge in [-0.15, -0.1) is 0 Å². The highest BCUT2D eigenvalue weighted by molar-refractivity contribution is 5.63. The van der Waals surface area contributed by atoms with E-state index in [1.54, 1.807) is 0 Å². The van der Waals surface area contributed by atoms with E-state index in [0.717, 1.165) is 6.07 Å². The minimum Gasteiger partial charge on any atom is -0.365 e. The molecule has 2 aliphatic rings. The molecule has 108 valence electrons. The average molecular weight is 282 g/mol. The second kappa shape index (κ2) is 4.99. The van der Waals surface area contributed by atoms with Crippen LogP contribution in [0.5, 0.6) is 0 Å². The molecule has 0 unspecified atom stereocenters. The highest BCUT2D eigenvalue weighted by Crippen LogP contribution is 2.36. The molecule has 0 amide bonds. The SMILES string of the molecule is O=[N+]([O-])c1ccc(F)cc1N1CCC2(CC1)OCCO2. The summed E-state index contributed by atoms with van der Waals surface area (Å²) in [5.74, 6) is -1.02. The van der Waals surface area contributed by atoms with Crippen LogP contribution in [0.4, 0.5) is 15.8 Å². The summed E-state index contributed by atoms with van der Waals surface area (Å²) < 4.78 is 24.6. The van der Waals surface area contributed by atoms with Crippen LogP contribution in [0.1, 0.15) is 12.8 Å². The standard InChI is InChI=1S/C13H15FN2O4/c14-10-1-2-11(16(17)18)12(9-10)15-5-3-13(4-6-15)19-7-8-20-13/h1-2,9H,3-8H2. The van der Waals surface area contributed by atoms with Gasteiger partial charge in [-0.3, -0.25) is 10.1 Å². The molecule has 1 aromatic rings. The van der Waals surface area contributed by atoms with E-state index in [9.17, 15) is 14.5 Å². The van der Waals surface area contributed by atoms with Crippen molar-refractivity contribution in [3.8, 4) is 0 Å². The summed E-state index contributed by atoms with van der Waals surface area (Å²) in [4.78, 5) is 12.4. The maximum absolute atomic E-state index is 13.4. The predicted molar refractivity (Wildman–Crippen MR) is 69.1 cm³/mol. The van der Waals surface area contributed by atoms with Crippen LogP contribution < -0.4 is 4.90 Å². The fourth-order valence-corrected chi connectivity index (χ4v) is 2.78. The molecule has 2 saturated heterocycles. The van der Waals surface area contributed by atoms with Crippen molar-refractivity contribution in [2.75, 3.05) is 31.2 Å². The van der Waals surface area contributed by atoms with E-state index in [2.05, 4.69) is 0 Å².